The Labute approximate surface area is 103 Å². The number of nitrogens with one attached hydrogen (secondary N) is 1. The Bertz CT molecular complexity index is 430. The summed E-state index contributed by atoms with van der Waals surface area (Å²) in [7, 11) is 0. The van der Waals surface area contributed by atoms with Crippen molar-refractivity contribution < 1.29 is 0 Å². The smallest absolute Gasteiger partial charge is 0.0991 e. The Balaban J connectivity index is 2.09. The van der Waals surface area contributed by atoms with Gasteiger partial charge in [-0.3, -0.25) is 4.90 Å². The van der Waals surface area contributed by atoms with Crippen LogP contribution in [-0.4, -0.2) is 30.6 Å². The molecule has 0 spiro atoms. The largest absolute Gasteiger partial charge is 0.314 e. The van der Waals surface area contributed by atoms with Gasteiger partial charge in [0.1, 0.15) is 0 Å². The van der Waals surface area contributed by atoms with Crippen molar-refractivity contribution in [1.82, 2.24) is 10.2 Å². The first-order valence-electron chi connectivity index (χ1n) is 6.19. The molecule has 1 aliphatic rings. The Morgan fingerprint density at radius 2 is 2.24 bits per heavy atom. The van der Waals surface area contributed by atoms with Gasteiger partial charge in [0.2, 0.25) is 0 Å². The van der Waals surface area contributed by atoms with Crippen LogP contribution >= 0.6 is 0 Å². The number of nitrogens with zero attached hydrogens (tertiary/aromatic N) is 2. The molecule has 0 amide bonds. The minimum atomic E-state index is 0.676. The van der Waals surface area contributed by atoms with E-state index in [1.165, 1.54) is 11.1 Å². The molecule has 2 rings (SSSR count). The minimum absolute atomic E-state index is 0.676. The van der Waals surface area contributed by atoms with Crippen LogP contribution in [0, 0.1) is 18.3 Å². The highest BCUT2D eigenvalue weighted by molar-refractivity contribution is 5.37. The van der Waals surface area contributed by atoms with Gasteiger partial charge in [-0.05, 0) is 36.7 Å². The summed E-state index contributed by atoms with van der Waals surface area (Å²) in [4.78, 5) is 2.49. The van der Waals surface area contributed by atoms with E-state index < -0.39 is 0 Å². The van der Waals surface area contributed by atoms with Crippen molar-refractivity contribution in [2.45, 2.75) is 26.4 Å². The molecule has 1 aliphatic heterocycles. The highest BCUT2D eigenvalue weighted by atomic mass is 15.2. The molecule has 1 aromatic rings. The third kappa shape index (κ3) is 2.66. The highest BCUT2D eigenvalue weighted by Crippen LogP contribution is 2.16. The summed E-state index contributed by atoms with van der Waals surface area (Å²) in [6.45, 7) is 8.55. The summed E-state index contributed by atoms with van der Waals surface area (Å²) < 4.78 is 0. The van der Waals surface area contributed by atoms with Crippen LogP contribution < -0.4 is 5.32 Å². The zero-order valence-corrected chi connectivity index (χ0v) is 10.5. The fourth-order valence-corrected chi connectivity index (χ4v) is 2.19. The first kappa shape index (κ1) is 12.1. The van der Waals surface area contributed by atoms with Gasteiger partial charge in [0.15, 0.2) is 0 Å². The number of nitriles is 1. The second-order valence-electron chi connectivity index (χ2n) is 4.63. The van der Waals surface area contributed by atoms with E-state index in [2.05, 4.69) is 36.2 Å². The zero-order valence-electron chi connectivity index (χ0n) is 10.5. The molecule has 0 aromatic heterocycles. The van der Waals surface area contributed by atoms with Crippen LogP contribution in [0.5, 0.6) is 0 Å². The summed E-state index contributed by atoms with van der Waals surface area (Å²) in [5.74, 6) is 0. The first-order chi connectivity index (χ1) is 8.24. The van der Waals surface area contributed by atoms with Crippen LogP contribution in [0.25, 0.3) is 0 Å². The molecule has 0 radical (unpaired) electrons. The molecule has 1 aromatic carbocycles. The number of rotatable bonds is 4. The third-order valence-electron chi connectivity index (χ3n) is 3.53. The van der Waals surface area contributed by atoms with E-state index in [0.717, 1.165) is 31.7 Å². The molecule has 0 saturated carbocycles. The molecule has 3 nitrogen and oxygen atoms in total. The summed E-state index contributed by atoms with van der Waals surface area (Å²) in [5, 5.41) is 12.2. The van der Waals surface area contributed by atoms with Crippen molar-refractivity contribution in [2.24, 2.45) is 0 Å². The molecule has 17 heavy (non-hydrogen) atoms. The van der Waals surface area contributed by atoms with Gasteiger partial charge < -0.3 is 5.32 Å². The Morgan fingerprint density at radius 1 is 1.47 bits per heavy atom. The van der Waals surface area contributed by atoms with E-state index >= 15 is 0 Å². The van der Waals surface area contributed by atoms with Gasteiger partial charge in [0.25, 0.3) is 0 Å². The lowest BCUT2D eigenvalue weighted by atomic mass is 10.0. The van der Waals surface area contributed by atoms with Gasteiger partial charge in [-0.15, -0.1) is 0 Å². The Kier molecular flexibility index (Phi) is 3.78. The Hall–Kier alpha value is -1.37. The predicted molar refractivity (Wildman–Crippen MR) is 68.6 cm³/mol. The molecule has 0 atom stereocenters. The standard InChI is InChI=1S/C14H19N3/c1-3-17(14-8-16-9-14)10-13-5-4-12(7-15)6-11(13)2/h4-6,14,16H,3,8-10H2,1-2H3. The second-order valence-corrected chi connectivity index (χ2v) is 4.63. The van der Waals surface area contributed by atoms with E-state index in [0.29, 0.717) is 6.04 Å². The molecule has 1 saturated heterocycles. The maximum absolute atomic E-state index is 8.85. The normalized spacial score (nSPS) is 15.6. The predicted octanol–water partition coefficient (Wildman–Crippen LogP) is 1.66. The van der Waals surface area contributed by atoms with E-state index in [4.69, 9.17) is 5.26 Å². The molecule has 0 bridgehead atoms. The number of benzene rings is 1. The SMILES string of the molecule is CCN(Cc1ccc(C#N)cc1C)C1CNC1. The van der Waals surface area contributed by atoms with Crippen molar-refractivity contribution in [3.05, 3.63) is 34.9 Å². The maximum Gasteiger partial charge on any atom is 0.0991 e. The average Bonchev–Trinajstić information content (AvgIpc) is 2.28. The van der Waals surface area contributed by atoms with Crippen LogP contribution in [0.3, 0.4) is 0 Å². The summed E-state index contributed by atoms with van der Waals surface area (Å²) in [5.41, 5.74) is 3.30. The number of aryl methyl sites for hydroxylation is 1. The minimum Gasteiger partial charge on any atom is -0.314 e. The second kappa shape index (κ2) is 5.31. The van der Waals surface area contributed by atoms with Crippen LogP contribution in [0.4, 0.5) is 0 Å². The lowest BCUT2D eigenvalue weighted by Gasteiger charge is -2.38. The zero-order chi connectivity index (χ0) is 12.3. The monoisotopic (exact) mass is 229 g/mol. The fourth-order valence-electron chi connectivity index (χ4n) is 2.19. The summed E-state index contributed by atoms with van der Waals surface area (Å²) >= 11 is 0. The van der Waals surface area contributed by atoms with Gasteiger partial charge in [-0.25, -0.2) is 0 Å². The number of hydrogen-bond acceptors (Lipinski definition) is 3. The third-order valence-corrected chi connectivity index (χ3v) is 3.53. The lowest BCUT2D eigenvalue weighted by Crippen LogP contribution is -2.56. The first-order valence-corrected chi connectivity index (χ1v) is 6.19. The van der Waals surface area contributed by atoms with Crippen LogP contribution in [0.1, 0.15) is 23.6 Å². The summed E-state index contributed by atoms with van der Waals surface area (Å²) in [6.07, 6.45) is 0. The van der Waals surface area contributed by atoms with Gasteiger partial charge in [-0.2, -0.15) is 5.26 Å². The molecular weight excluding hydrogens is 210 g/mol. The van der Waals surface area contributed by atoms with E-state index in [1.807, 2.05) is 12.1 Å². The molecule has 1 fully saturated rings. The Morgan fingerprint density at radius 3 is 2.71 bits per heavy atom. The van der Waals surface area contributed by atoms with Crippen LogP contribution in [0.15, 0.2) is 18.2 Å². The topological polar surface area (TPSA) is 39.1 Å². The van der Waals surface area contributed by atoms with Crippen molar-refractivity contribution in [3.63, 3.8) is 0 Å². The van der Waals surface area contributed by atoms with Crippen molar-refractivity contribution in [3.8, 4) is 6.07 Å². The van der Waals surface area contributed by atoms with Crippen molar-refractivity contribution in [1.29, 1.82) is 5.26 Å². The maximum atomic E-state index is 8.85. The highest BCUT2D eigenvalue weighted by Gasteiger charge is 2.23. The molecule has 1 heterocycles. The van der Waals surface area contributed by atoms with Crippen LogP contribution in [0.2, 0.25) is 0 Å². The fraction of sp³-hybridized carbons (Fsp3) is 0.500. The van der Waals surface area contributed by atoms with Gasteiger partial charge >= 0.3 is 0 Å². The van der Waals surface area contributed by atoms with Crippen LogP contribution in [-0.2, 0) is 6.54 Å². The number of likely N-dealkylation sites (N-methyl/N-ethyl adjacent to an activating group) is 1. The molecular formula is C14H19N3. The molecule has 0 unspecified atom stereocenters. The number of hydrogen-bond donors (Lipinski definition) is 1. The van der Waals surface area contributed by atoms with E-state index in [1.54, 1.807) is 0 Å². The van der Waals surface area contributed by atoms with Crippen molar-refractivity contribution >= 4 is 0 Å². The quantitative estimate of drug-likeness (QED) is 0.853. The summed E-state index contributed by atoms with van der Waals surface area (Å²) in [6, 6.07) is 8.83. The van der Waals surface area contributed by atoms with Gasteiger partial charge in [-0.1, -0.05) is 13.0 Å². The molecule has 1 N–H and O–H groups in total. The average molecular weight is 229 g/mol. The van der Waals surface area contributed by atoms with E-state index in [9.17, 15) is 0 Å². The molecule has 3 heteroatoms. The lowest BCUT2D eigenvalue weighted by molar-refractivity contribution is 0.145. The van der Waals surface area contributed by atoms with E-state index in [-0.39, 0.29) is 0 Å². The van der Waals surface area contributed by atoms with Gasteiger partial charge in [0.05, 0.1) is 11.6 Å². The molecule has 0 aliphatic carbocycles. The molecule has 90 valence electrons. The van der Waals surface area contributed by atoms with Crippen molar-refractivity contribution in [2.75, 3.05) is 19.6 Å². The van der Waals surface area contributed by atoms with Gasteiger partial charge in [0, 0.05) is 25.7 Å².